The van der Waals surface area contributed by atoms with E-state index in [1.807, 2.05) is 37.3 Å². The number of hydrogen-bond acceptors (Lipinski definition) is 3. The van der Waals surface area contributed by atoms with Gasteiger partial charge in [0.15, 0.2) is 0 Å². The fourth-order valence-corrected chi connectivity index (χ4v) is 1.91. The molecule has 0 amide bonds. The summed E-state index contributed by atoms with van der Waals surface area (Å²) in [4.78, 5) is 4.40. The molecular formula is C18H18N2O. The number of rotatable bonds is 6. The predicted octanol–water partition coefficient (Wildman–Crippen LogP) is 4.36. The lowest BCUT2D eigenvalue weighted by molar-refractivity contribution is 0.311. The van der Waals surface area contributed by atoms with E-state index in [0.29, 0.717) is 12.2 Å². The number of nitriles is 1. The average molecular weight is 278 g/mol. The first-order valence-corrected chi connectivity index (χ1v) is 7.04. The zero-order chi connectivity index (χ0) is 14.9. The van der Waals surface area contributed by atoms with Crippen LogP contribution in [-0.4, -0.2) is 11.6 Å². The third kappa shape index (κ3) is 4.47. The molecule has 3 heteroatoms. The molecule has 106 valence electrons. The summed E-state index contributed by atoms with van der Waals surface area (Å²) >= 11 is 0. The predicted molar refractivity (Wildman–Crippen MR) is 83.9 cm³/mol. The van der Waals surface area contributed by atoms with Crippen LogP contribution in [0.2, 0.25) is 0 Å². The molecule has 0 aliphatic rings. The van der Waals surface area contributed by atoms with Crippen LogP contribution in [0.25, 0.3) is 11.3 Å². The largest absolute Gasteiger partial charge is 0.492 e. The Balaban J connectivity index is 1.93. The number of allylic oxidation sites excluding steroid dienone is 2. The van der Waals surface area contributed by atoms with Crippen LogP contribution in [0.4, 0.5) is 0 Å². The molecule has 21 heavy (non-hydrogen) atoms. The summed E-state index contributed by atoms with van der Waals surface area (Å²) in [6.07, 6.45) is 7.96. The van der Waals surface area contributed by atoms with E-state index < -0.39 is 0 Å². The highest BCUT2D eigenvalue weighted by molar-refractivity contribution is 5.60. The van der Waals surface area contributed by atoms with Crippen molar-refractivity contribution in [1.29, 1.82) is 5.26 Å². The number of hydrogen-bond donors (Lipinski definition) is 0. The molecule has 1 heterocycles. The Morgan fingerprint density at radius 2 is 2.00 bits per heavy atom. The zero-order valence-corrected chi connectivity index (χ0v) is 12.1. The van der Waals surface area contributed by atoms with E-state index in [4.69, 9.17) is 10.00 Å². The van der Waals surface area contributed by atoms with Gasteiger partial charge in [-0.1, -0.05) is 24.3 Å². The molecule has 0 atom stereocenters. The van der Waals surface area contributed by atoms with Crippen molar-refractivity contribution in [3.8, 4) is 23.1 Å². The molecule has 2 aromatic rings. The molecule has 0 radical (unpaired) electrons. The zero-order valence-electron chi connectivity index (χ0n) is 12.1. The molecule has 0 aliphatic carbocycles. The molecule has 3 nitrogen and oxygen atoms in total. The lowest BCUT2D eigenvalue weighted by atomic mass is 10.1. The van der Waals surface area contributed by atoms with E-state index in [0.717, 1.165) is 29.8 Å². The minimum Gasteiger partial charge on any atom is -0.492 e. The first-order valence-electron chi connectivity index (χ1n) is 7.04. The molecule has 0 aliphatic heterocycles. The van der Waals surface area contributed by atoms with Crippen LogP contribution in [0, 0.1) is 11.3 Å². The topological polar surface area (TPSA) is 45.9 Å². The molecule has 0 N–H and O–H groups in total. The number of ether oxygens (including phenoxy) is 1. The van der Waals surface area contributed by atoms with Crippen LogP contribution in [-0.2, 0) is 0 Å². The Labute approximate surface area is 125 Å². The highest BCUT2D eigenvalue weighted by atomic mass is 16.5. The number of benzene rings is 1. The number of aromatic nitrogens is 1. The summed E-state index contributed by atoms with van der Waals surface area (Å²) in [5.41, 5.74) is 2.52. The minimum atomic E-state index is 0.653. The van der Waals surface area contributed by atoms with E-state index in [9.17, 15) is 0 Å². The molecule has 0 fully saturated rings. The van der Waals surface area contributed by atoms with Crippen molar-refractivity contribution in [1.82, 2.24) is 4.98 Å². The van der Waals surface area contributed by atoms with Crippen molar-refractivity contribution in [2.45, 2.75) is 19.8 Å². The van der Waals surface area contributed by atoms with Gasteiger partial charge >= 0.3 is 0 Å². The van der Waals surface area contributed by atoms with Gasteiger partial charge in [-0.15, -0.1) is 0 Å². The molecule has 0 saturated carbocycles. The van der Waals surface area contributed by atoms with Gasteiger partial charge in [-0.2, -0.15) is 5.26 Å². The van der Waals surface area contributed by atoms with Gasteiger partial charge in [0.25, 0.3) is 0 Å². The molecule has 0 bridgehead atoms. The Bertz CT molecular complexity index is 622. The van der Waals surface area contributed by atoms with E-state index in [1.54, 1.807) is 18.3 Å². The highest BCUT2D eigenvalue weighted by Gasteiger charge is 2.00. The molecule has 2 rings (SSSR count). The molecule has 0 unspecified atom stereocenters. The third-order valence-electron chi connectivity index (χ3n) is 3.07. The van der Waals surface area contributed by atoms with Gasteiger partial charge in [0, 0.05) is 5.56 Å². The van der Waals surface area contributed by atoms with Crippen molar-refractivity contribution in [3.63, 3.8) is 0 Å². The van der Waals surface area contributed by atoms with E-state index in [2.05, 4.69) is 17.1 Å². The Morgan fingerprint density at radius 3 is 2.62 bits per heavy atom. The van der Waals surface area contributed by atoms with Crippen LogP contribution in [0.15, 0.2) is 54.7 Å². The van der Waals surface area contributed by atoms with Gasteiger partial charge in [-0.3, -0.25) is 4.98 Å². The minimum absolute atomic E-state index is 0.653. The fourth-order valence-electron chi connectivity index (χ4n) is 1.91. The Hall–Kier alpha value is -2.60. The molecule has 0 spiro atoms. The summed E-state index contributed by atoms with van der Waals surface area (Å²) in [6.45, 7) is 2.72. The lowest BCUT2D eigenvalue weighted by Gasteiger charge is -2.06. The van der Waals surface area contributed by atoms with Crippen molar-refractivity contribution >= 4 is 0 Å². The first-order chi connectivity index (χ1) is 10.3. The second-order valence-corrected chi connectivity index (χ2v) is 4.63. The van der Waals surface area contributed by atoms with E-state index in [1.165, 1.54) is 0 Å². The Morgan fingerprint density at radius 1 is 1.19 bits per heavy atom. The number of nitrogens with zero attached hydrogens (tertiary/aromatic N) is 2. The van der Waals surface area contributed by atoms with Gasteiger partial charge in [0.2, 0.25) is 0 Å². The van der Waals surface area contributed by atoms with Gasteiger partial charge in [-0.05, 0) is 44.0 Å². The maximum atomic E-state index is 8.79. The lowest BCUT2D eigenvalue weighted by Crippen LogP contribution is -1.97. The second kappa shape index (κ2) is 7.86. The van der Waals surface area contributed by atoms with Crippen LogP contribution in [0.1, 0.15) is 25.3 Å². The molecule has 1 aromatic carbocycles. The van der Waals surface area contributed by atoms with Crippen LogP contribution >= 0.6 is 0 Å². The van der Waals surface area contributed by atoms with Gasteiger partial charge in [0.1, 0.15) is 5.75 Å². The maximum absolute atomic E-state index is 8.79. The summed E-state index contributed by atoms with van der Waals surface area (Å²) in [5.74, 6) is 0.785. The average Bonchev–Trinajstić information content (AvgIpc) is 2.55. The summed E-state index contributed by atoms with van der Waals surface area (Å²) < 4.78 is 5.64. The first kappa shape index (κ1) is 14.8. The van der Waals surface area contributed by atoms with Crippen molar-refractivity contribution in [3.05, 3.63) is 60.3 Å². The fraction of sp³-hybridized carbons (Fsp3) is 0.222. The van der Waals surface area contributed by atoms with E-state index in [-0.39, 0.29) is 0 Å². The van der Waals surface area contributed by atoms with Crippen LogP contribution < -0.4 is 4.74 Å². The van der Waals surface area contributed by atoms with Crippen molar-refractivity contribution < 1.29 is 4.74 Å². The summed E-state index contributed by atoms with van der Waals surface area (Å²) in [7, 11) is 0. The number of unbranched alkanes of at least 4 members (excludes halogenated alkanes) is 1. The molecule has 0 saturated heterocycles. The Kier molecular flexibility index (Phi) is 5.54. The quantitative estimate of drug-likeness (QED) is 0.582. The maximum Gasteiger partial charge on any atom is 0.137 e. The van der Waals surface area contributed by atoms with Crippen molar-refractivity contribution in [2.75, 3.05) is 6.61 Å². The third-order valence-corrected chi connectivity index (χ3v) is 3.07. The number of pyridine rings is 1. The van der Waals surface area contributed by atoms with Gasteiger partial charge < -0.3 is 4.74 Å². The normalized spacial score (nSPS) is 10.5. The molecule has 1 aromatic heterocycles. The summed E-state index contributed by atoms with van der Waals surface area (Å²) in [6, 6.07) is 13.4. The second-order valence-electron chi connectivity index (χ2n) is 4.63. The van der Waals surface area contributed by atoms with Gasteiger partial charge in [0.05, 0.1) is 30.1 Å². The highest BCUT2D eigenvalue weighted by Crippen LogP contribution is 2.20. The smallest absolute Gasteiger partial charge is 0.137 e. The van der Waals surface area contributed by atoms with E-state index >= 15 is 0 Å². The monoisotopic (exact) mass is 278 g/mol. The standard InChI is InChI=1S/C18H18N2O/c1-2-3-4-5-12-21-17-10-11-18(20-14-17)16-8-6-15(13-19)7-9-16/h2-3,6-11,14H,4-5,12H2,1H3/b3-2+. The molecular weight excluding hydrogens is 260 g/mol. The SMILES string of the molecule is C/C=C/CCCOc1ccc(-c2ccc(C#N)cc2)nc1. The van der Waals surface area contributed by atoms with Crippen LogP contribution in [0.3, 0.4) is 0 Å². The van der Waals surface area contributed by atoms with Gasteiger partial charge in [-0.25, -0.2) is 0 Å². The summed E-state index contributed by atoms with van der Waals surface area (Å²) in [5, 5.41) is 8.79. The van der Waals surface area contributed by atoms with Crippen LogP contribution in [0.5, 0.6) is 5.75 Å². The van der Waals surface area contributed by atoms with Crippen molar-refractivity contribution in [2.24, 2.45) is 0 Å².